The van der Waals surface area contributed by atoms with E-state index < -0.39 is 10.0 Å². The number of rotatable bonds is 6. The SMILES string of the molecule is CSc1cccc(NC(=O)C2CCN(S(=O)(=O)Cc3cccc(Cl)c3)CC2)c1. The highest BCUT2D eigenvalue weighted by molar-refractivity contribution is 7.98. The molecular formula is C20H23ClN2O3S2. The minimum Gasteiger partial charge on any atom is -0.326 e. The molecule has 8 heteroatoms. The van der Waals surface area contributed by atoms with Crippen LogP contribution in [0, 0.1) is 5.92 Å². The summed E-state index contributed by atoms with van der Waals surface area (Å²) in [7, 11) is -3.43. The molecule has 1 aliphatic rings. The number of nitrogens with zero attached hydrogens (tertiary/aromatic N) is 1. The molecule has 0 atom stereocenters. The Hall–Kier alpha value is -1.54. The second-order valence-corrected chi connectivity index (χ2v) is 10.1. The normalized spacial score (nSPS) is 16.1. The molecule has 1 heterocycles. The second kappa shape index (κ2) is 9.31. The number of nitrogens with one attached hydrogen (secondary N) is 1. The van der Waals surface area contributed by atoms with Crippen molar-refractivity contribution in [1.29, 1.82) is 0 Å². The molecule has 1 aliphatic heterocycles. The van der Waals surface area contributed by atoms with Crippen molar-refractivity contribution in [3.63, 3.8) is 0 Å². The lowest BCUT2D eigenvalue weighted by molar-refractivity contribution is -0.120. The molecule has 0 spiro atoms. The van der Waals surface area contributed by atoms with E-state index in [0.717, 1.165) is 10.6 Å². The van der Waals surface area contributed by atoms with Gasteiger partial charge >= 0.3 is 0 Å². The number of carbonyl (C=O) groups excluding carboxylic acids is 1. The topological polar surface area (TPSA) is 66.5 Å². The van der Waals surface area contributed by atoms with Crippen LogP contribution in [0.15, 0.2) is 53.4 Å². The quantitative estimate of drug-likeness (QED) is 0.685. The molecule has 1 saturated heterocycles. The molecule has 2 aromatic carbocycles. The zero-order valence-corrected chi connectivity index (χ0v) is 18.0. The van der Waals surface area contributed by atoms with Crippen LogP contribution in [0.25, 0.3) is 0 Å². The van der Waals surface area contributed by atoms with Gasteiger partial charge < -0.3 is 5.32 Å². The van der Waals surface area contributed by atoms with E-state index in [4.69, 9.17) is 11.6 Å². The summed E-state index contributed by atoms with van der Waals surface area (Å²) >= 11 is 7.56. The first kappa shape index (κ1) is 21.2. The summed E-state index contributed by atoms with van der Waals surface area (Å²) in [6.07, 6.45) is 3.02. The van der Waals surface area contributed by atoms with Crippen LogP contribution in [0.2, 0.25) is 5.02 Å². The number of benzene rings is 2. The van der Waals surface area contributed by atoms with Crippen molar-refractivity contribution in [3.05, 3.63) is 59.1 Å². The van der Waals surface area contributed by atoms with Crippen molar-refractivity contribution in [2.45, 2.75) is 23.5 Å². The third-order valence-corrected chi connectivity index (χ3v) is 7.60. The third-order valence-electron chi connectivity index (χ3n) is 4.79. The summed E-state index contributed by atoms with van der Waals surface area (Å²) in [5, 5.41) is 3.47. The number of hydrogen-bond acceptors (Lipinski definition) is 4. The van der Waals surface area contributed by atoms with Gasteiger partial charge in [-0.2, -0.15) is 0 Å². The predicted molar refractivity (Wildman–Crippen MR) is 115 cm³/mol. The lowest BCUT2D eigenvalue weighted by Gasteiger charge is -2.30. The number of carbonyl (C=O) groups is 1. The highest BCUT2D eigenvalue weighted by Crippen LogP contribution is 2.25. The Morgan fingerprint density at radius 3 is 2.57 bits per heavy atom. The molecule has 0 unspecified atom stereocenters. The standard InChI is InChI=1S/C20H23ClN2O3S2/c1-27-19-7-3-6-18(13-19)22-20(24)16-8-10-23(11-9-16)28(25,26)14-15-4-2-5-17(21)12-15/h2-7,12-13,16H,8-11,14H2,1H3,(H,22,24). The van der Waals surface area contributed by atoms with E-state index in [1.165, 1.54) is 4.31 Å². The van der Waals surface area contributed by atoms with Crippen LogP contribution in [0.5, 0.6) is 0 Å². The number of hydrogen-bond donors (Lipinski definition) is 1. The lowest BCUT2D eigenvalue weighted by Crippen LogP contribution is -2.41. The first-order valence-electron chi connectivity index (χ1n) is 9.04. The summed E-state index contributed by atoms with van der Waals surface area (Å²) in [6.45, 7) is 0.706. The zero-order chi connectivity index (χ0) is 20.1. The molecule has 1 N–H and O–H groups in total. The van der Waals surface area contributed by atoms with Crippen molar-refractivity contribution < 1.29 is 13.2 Å². The van der Waals surface area contributed by atoms with E-state index in [9.17, 15) is 13.2 Å². The summed E-state index contributed by atoms with van der Waals surface area (Å²) in [6, 6.07) is 14.6. The van der Waals surface area contributed by atoms with Crippen molar-refractivity contribution in [3.8, 4) is 0 Å². The molecule has 150 valence electrons. The maximum atomic E-state index is 12.7. The first-order chi connectivity index (χ1) is 13.4. The van der Waals surface area contributed by atoms with Crippen LogP contribution in [0.3, 0.4) is 0 Å². The molecule has 0 saturated carbocycles. The molecule has 0 radical (unpaired) electrons. The second-order valence-electron chi connectivity index (χ2n) is 6.78. The fraction of sp³-hybridized carbons (Fsp3) is 0.350. The molecule has 3 rings (SSSR count). The average molecular weight is 439 g/mol. The van der Waals surface area contributed by atoms with Gasteiger partial charge in [-0.15, -0.1) is 11.8 Å². The molecule has 0 aliphatic carbocycles. The minimum atomic E-state index is -3.43. The van der Waals surface area contributed by atoms with E-state index in [0.29, 0.717) is 36.5 Å². The maximum absolute atomic E-state index is 12.7. The van der Waals surface area contributed by atoms with Crippen molar-refractivity contribution >= 4 is 45.0 Å². The fourth-order valence-corrected chi connectivity index (χ4v) is 5.49. The summed E-state index contributed by atoms with van der Waals surface area (Å²) in [5.74, 6) is -0.313. The van der Waals surface area contributed by atoms with E-state index >= 15 is 0 Å². The summed E-state index contributed by atoms with van der Waals surface area (Å²) in [4.78, 5) is 13.6. The molecular weight excluding hydrogens is 416 g/mol. The van der Waals surface area contributed by atoms with Crippen LogP contribution in [-0.4, -0.2) is 38.0 Å². The predicted octanol–water partition coefficient (Wildman–Crippen LogP) is 4.24. The van der Waals surface area contributed by atoms with Gasteiger partial charge in [0, 0.05) is 34.6 Å². The smallest absolute Gasteiger partial charge is 0.227 e. The van der Waals surface area contributed by atoms with Crippen LogP contribution < -0.4 is 5.32 Å². The van der Waals surface area contributed by atoms with Crippen LogP contribution in [0.4, 0.5) is 5.69 Å². The molecule has 0 aromatic heterocycles. The first-order valence-corrected chi connectivity index (χ1v) is 12.3. The molecule has 28 heavy (non-hydrogen) atoms. The molecule has 2 aromatic rings. The number of thioether (sulfide) groups is 1. The Morgan fingerprint density at radius 1 is 1.18 bits per heavy atom. The zero-order valence-electron chi connectivity index (χ0n) is 15.6. The van der Waals surface area contributed by atoms with Crippen molar-refractivity contribution in [1.82, 2.24) is 4.31 Å². The van der Waals surface area contributed by atoms with Crippen molar-refractivity contribution in [2.75, 3.05) is 24.7 Å². The average Bonchev–Trinajstić information content (AvgIpc) is 2.68. The Kier molecular flexibility index (Phi) is 7.04. The van der Waals surface area contributed by atoms with Crippen LogP contribution >= 0.6 is 23.4 Å². The number of sulfonamides is 1. The highest BCUT2D eigenvalue weighted by atomic mass is 35.5. The molecule has 0 bridgehead atoms. The van der Waals surface area contributed by atoms with E-state index in [2.05, 4.69) is 5.32 Å². The van der Waals surface area contributed by atoms with Gasteiger partial charge in [0.2, 0.25) is 15.9 Å². The van der Waals surface area contributed by atoms with Crippen molar-refractivity contribution in [2.24, 2.45) is 5.92 Å². The van der Waals surface area contributed by atoms with Gasteiger partial charge in [0.1, 0.15) is 0 Å². The number of anilines is 1. The summed E-state index contributed by atoms with van der Waals surface area (Å²) in [5.41, 5.74) is 1.44. The number of amides is 1. The van der Waals surface area contributed by atoms with Gasteiger partial charge in [-0.3, -0.25) is 4.79 Å². The van der Waals surface area contributed by atoms with Gasteiger partial charge in [0.05, 0.1) is 5.75 Å². The fourth-order valence-electron chi connectivity index (χ4n) is 3.27. The molecule has 1 amide bonds. The number of halogens is 1. The van der Waals surface area contributed by atoms with Gasteiger partial charge in [0.25, 0.3) is 0 Å². The Bertz CT molecular complexity index is 942. The number of piperidine rings is 1. The Labute approximate surface area is 175 Å². The maximum Gasteiger partial charge on any atom is 0.227 e. The minimum absolute atomic E-state index is 0.0508. The highest BCUT2D eigenvalue weighted by Gasteiger charge is 2.31. The lowest BCUT2D eigenvalue weighted by atomic mass is 9.97. The van der Waals surface area contributed by atoms with Crippen LogP contribution in [-0.2, 0) is 20.6 Å². The van der Waals surface area contributed by atoms with E-state index in [1.807, 2.05) is 30.5 Å². The third kappa shape index (κ3) is 5.50. The summed E-state index contributed by atoms with van der Waals surface area (Å²) < 4.78 is 26.8. The van der Waals surface area contributed by atoms with Gasteiger partial charge in [-0.25, -0.2) is 12.7 Å². The molecule has 1 fully saturated rings. The molecule has 5 nitrogen and oxygen atoms in total. The Balaban J connectivity index is 1.56. The van der Waals surface area contributed by atoms with Crippen LogP contribution in [0.1, 0.15) is 18.4 Å². The Morgan fingerprint density at radius 2 is 1.89 bits per heavy atom. The van der Waals surface area contributed by atoms with Gasteiger partial charge in [0.15, 0.2) is 0 Å². The monoisotopic (exact) mass is 438 g/mol. The van der Waals surface area contributed by atoms with Gasteiger partial charge in [-0.05, 0) is 55.0 Å². The van der Waals surface area contributed by atoms with E-state index in [-0.39, 0.29) is 17.6 Å². The van der Waals surface area contributed by atoms with Gasteiger partial charge in [-0.1, -0.05) is 29.8 Å². The van der Waals surface area contributed by atoms with E-state index in [1.54, 1.807) is 36.0 Å². The largest absolute Gasteiger partial charge is 0.326 e.